The molecule has 1 aromatic carbocycles. The highest BCUT2D eigenvalue weighted by Gasteiger charge is 2.08. The third-order valence-electron chi connectivity index (χ3n) is 4.01. The van der Waals surface area contributed by atoms with Gasteiger partial charge in [0, 0.05) is 5.56 Å². The molecule has 0 bridgehead atoms. The van der Waals surface area contributed by atoms with Gasteiger partial charge in [0.25, 0.3) is 0 Å². The molecule has 0 saturated carbocycles. The smallest absolute Gasteiger partial charge is 0.150 e. The molecule has 0 fully saturated rings. The van der Waals surface area contributed by atoms with E-state index in [0.717, 1.165) is 18.3 Å². The van der Waals surface area contributed by atoms with Gasteiger partial charge in [-0.15, -0.1) is 0 Å². The summed E-state index contributed by atoms with van der Waals surface area (Å²) >= 11 is 0. The molecule has 1 heteroatoms. The van der Waals surface area contributed by atoms with Crippen LogP contribution in [0.1, 0.15) is 88.1 Å². The Morgan fingerprint density at radius 3 is 1.86 bits per heavy atom. The average Bonchev–Trinajstić information content (AvgIpc) is 2.45. The van der Waals surface area contributed by atoms with Gasteiger partial charge in [0.05, 0.1) is 0 Å². The molecule has 0 saturated heterocycles. The summed E-state index contributed by atoms with van der Waals surface area (Å²) in [5.74, 6) is 0. The van der Waals surface area contributed by atoms with E-state index in [1.807, 2.05) is 12.1 Å². The Hall–Kier alpha value is -1.11. The van der Waals surface area contributed by atoms with Gasteiger partial charge in [-0.25, -0.2) is 0 Å². The number of hydrogen-bond donors (Lipinski definition) is 0. The van der Waals surface area contributed by atoms with E-state index in [2.05, 4.69) is 32.9 Å². The molecule has 0 aliphatic carbocycles. The van der Waals surface area contributed by atoms with Crippen LogP contribution in [-0.4, -0.2) is 6.29 Å². The van der Waals surface area contributed by atoms with Gasteiger partial charge in [-0.05, 0) is 30.2 Å². The maximum Gasteiger partial charge on any atom is 0.150 e. The standard InChI is InChI=1S/C20H32O/c1-20(2,3)16-10-8-6-4-5-7-9-11-18-12-14-19(17-21)15-13-18/h12-15,17H,4-11,16H2,1-3H3. The van der Waals surface area contributed by atoms with Crippen LogP contribution in [-0.2, 0) is 6.42 Å². The quantitative estimate of drug-likeness (QED) is 0.369. The number of benzene rings is 1. The van der Waals surface area contributed by atoms with E-state index < -0.39 is 0 Å². The molecule has 0 unspecified atom stereocenters. The number of unbranched alkanes of at least 4 members (excludes halogenated alkanes) is 6. The lowest BCUT2D eigenvalue weighted by atomic mass is 9.89. The Labute approximate surface area is 131 Å². The van der Waals surface area contributed by atoms with E-state index >= 15 is 0 Å². The van der Waals surface area contributed by atoms with E-state index in [-0.39, 0.29) is 0 Å². The highest BCUT2D eigenvalue weighted by molar-refractivity contribution is 5.74. The number of carbonyl (C=O) groups excluding carboxylic acids is 1. The van der Waals surface area contributed by atoms with Gasteiger partial charge in [0.2, 0.25) is 0 Å². The van der Waals surface area contributed by atoms with Crippen molar-refractivity contribution in [3.8, 4) is 0 Å². The van der Waals surface area contributed by atoms with Crippen molar-refractivity contribution in [2.45, 2.75) is 78.6 Å². The summed E-state index contributed by atoms with van der Waals surface area (Å²) in [6, 6.07) is 7.99. The first kappa shape index (κ1) is 17.9. The summed E-state index contributed by atoms with van der Waals surface area (Å²) in [5.41, 5.74) is 2.62. The maximum absolute atomic E-state index is 10.6. The molecular weight excluding hydrogens is 256 g/mol. The predicted octanol–water partition coefficient (Wildman–Crippen LogP) is 6.21. The van der Waals surface area contributed by atoms with Crippen molar-refractivity contribution in [3.05, 3.63) is 35.4 Å². The van der Waals surface area contributed by atoms with Crippen LogP contribution >= 0.6 is 0 Å². The van der Waals surface area contributed by atoms with Crippen LogP contribution in [0.3, 0.4) is 0 Å². The Morgan fingerprint density at radius 2 is 1.33 bits per heavy atom. The molecule has 1 rings (SSSR count). The second kappa shape index (κ2) is 9.76. The van der Waals surface area contributed by atoms with Gasteiger partial charge in [-0.2, -0.15) is 0 Å². The van der Waals surface area contributed by atoms with E-state index in [9.17, 15) is 4.79 Å². The summed E-state index contributed by atoms with van der Waals surface area (Å²) in [5, 5.41) is 0. The molecule has 0 atom stereocenters. The van der Waals surface area contributed by atoms with Crippen molar-refractivity contribution < 1.29 is 4.79 Å². The lowest BCUT2D eigenvalue weighted by Crippen LogP contribution is -2.03. The molecule has 21 heavy (non-hydrogen) atoms. The van der Waals surface area contributed by atoms with Crippen molar-refractivity contribution in [2.75, 3.05) is 0 Å². The molecular formula is C20H32O. The summed E-state index contributed by atoms with van der Waals surface area (Å²) in [6.07, 6.45) is 12.9. The summed E-state index contributed by atoms with van der Waals surface area (Å²) in [6.45, 7) is 6.98. The fraction of sp³-hybridized carbons (Fsp3) is 0.650. The van der Waals surface area contributed by atoms with Crippen molar-refractivity contribution in [1.82, 2.24) is 0 Å². The Balaban J connectivity index is 1.96. The number of carbonyl (C=O) groups is 1. The first-order valence-electron chi connectivity index (χ1n) is 8.55. The Bertz CT molecular complexity index is 383. The zero-order valence-corrected chi connectivity index (χ0v) is 14.2. The lowest BCUT2D eigenvalue weighted by molar-refractivity contribution is 0.112. The lowest BCUT2D eigenvalue weighted by Gasteiger charge is -2.17. The van der Waals surface area contributed by atoms with Gasteiger partial charge < -0.3 is 0 Å². The highest BCUT2D eigenvalue weighted by Crippen LogP contribution is 2.22. The van der Waals surface area contributed by atoms with Crippen molar-refractivity contribution in [1.29, 1.82) is 0 Å². The zero-order chi connectivity index (χ0) is 15.6. The number of rotatable bonds is 10. The van der Waals surface area contributed by atoms with E-state index in [1.54, 1.807) is 0 Å². The van der Waals surface area contributed by atoms with Crippen LogP contribution in [0.25, 0.3) is 0 Å². The molecule has 118 valence electrons. The Morgan fingerprint density at radius 1 is 0.810 bits per heavy atom. The summed E-state index contributed by atoms with van der Waals surface area (Å²) < 4.78 is 0. The van der Waals surface area contributed by atoms with Gasteiger partial charge in [0.15, 0.2) is 0 Å². The SMILES string of the molecule is CC(C)(C)CCCCCCCCCc1ccc(C=O)cc1. The van der Waals surface area contributed by atoms with Crippen molar-refractivity contribution in [2.24, 2.45) is 5.41 Å². The zero-order valence-electron chi connectivity index (χ0n) is 14.2. The van der Waals surface area contributed by atoms with Gasteiger partial charge >= 0.3 is 0 Å². The molecule has 0 radical (unpaired) electrons. The fourth-order valence-electron chi connectivity index (χ4n) is 2.63. The minimum absolute atomic E-state index is 0.499. The largest absolute Gasteiger partial charge is 0.298 e. The van der Waals surface area contributed by atoms with E-state index in [4.69, 9.17) is 0 Å². The van der Waals surface area contributed by atoms with Crippen LogP contribution in [0.15, 0.2) is 24.3 Å². The first-order chi connectivity index (χ1) is 10.0. The first-order valence-corrected chi connectivity index (χ1v) is 8.55. The number of hydrogen-bond acceptors (Lipinski definition) is 1. The highest BCUT2D eigenvalue weighted by atomic mass is 16.1. The molecule has 0 aliphatic heterocycles. The van der Waals surface area contributed by atoms with E-state index in [1.165, 1.54) is 56.9 Å². The van der Waals surface area contributed by atoms with Crippen molar-refractivity contribution in [3.63, 3.8) is 0 Å². The summed E-state index contributed by atoms with van der Waals surface area (Å²) in [4.78, 5) is 10.6. The van der Waals surface area contributed by atoms with Gasteiger partial charge in [0.1, 0.15) is 6.29 Å². The topological polar surface area (TPSA) is 17.1 Å². The third-order valence-corrected chi connectivity index (χ3v) is 4.01. The Kier molecular flexibility index (Phi) is 8.34. The van der Waals surface area contributed by atoms with Crippen LogP contribution in [0.4, 0.5) is 0 Å². The minimum atomic E-state index is 0.499. The monoisotopic (exact) mass is 288 g/mol. The molecule has 1 aromatic rings. The molecule has 0 heterocycles. The van der Waals surface area contributed by atoms with Crippen LogP contribution < -0.4 is 0 Å². The van der Waals surface area contributed by atoms with Crippen LogP contribution in [0, 0.1) is 5.41 Å². The predicted molar refractivity (Wildman–Crippen MR) is 91.9 cm³/mol. The molecule has 1 nitrogen and oxygen atoms in total. The molecule has 0 aliphatic rings. The maximum atomic E-state index is 10.6. The average molecular weight is 288 g/mol. The molecule has 0 N–H and O–H groups in total. The minimum Gasteiger partial charge on any atom is -0.298 e. The number of aldehydes is 1. The second-order valence-corrected chi connectivity index (χ2v) is 7.39. The molecule has 0 aromatic heterocycles. The molecule has 0 spiro atoms. The summed E-state index contributed by atoms with van der Waals surface area (Å²) in [7, 11) is 0. The van der Waals surface area contributed by atoms with Crippen LogP contribution in [0.2, 0.25) is 0 Å². The molecule has 0 amide bonds. The fourth-order valence-corrected chi connectivity index (χ4v) is 2.63. The number of aryl methyl sites for hydroxylation is 1. The van der Waals surface area contributed by atoms with Crippen molar-refractivity contribution >= 4 is 6.29 Å². The normalized spacial score (nSPS) is 11.6. The second-order valence-electron chi connectivity index (χ2n) is 7.39. The van der Waals surface area contributed by atoms with E-state index in [0.29, 0.717) is 5.41 Å². The van der Waals surface area contributed by atoms with Gasteiger partial charge in [-0.1, -0.05) is 83.6 Å². The van der Waals surface area contributed by atoms with Crippen LogP contribution in [0.5, 0.6) is 0 Å². The van der Waals surface area contributed by atoms with Gasteiger partial charge in [-0.3, -0.25) is 4.79 Å². The third kappa shape index (κ3) is 9.44.